The zero-order chi connectivity index (χ0) is 105. The number of nitrogens with zero attached hydrogens (tertiary/aromatic N) is 25. The second-order valence-electron chi connectivity index (χ2n) is 34.4. The van der Waals surface area contributed by atoms with Crippen LogP contribution in [0, 0.1) is 0 Å². The van der Waals surface area contributed by atoms with Crippen molar-refractivity contribution in [3.63, 3.8) is 0 Å². The molecule has 0 spiro atoms. The van der Waals surface area contributed by atoms with Gasteiger partial charge in [-0.3, -0.25) is 39.3 Å². The van der Waals surface area contributed by atoms with E-state index in [4.69, 9.17) is 20.8 Å². The molecule has 17 N–H and O–H groups in total. The fourth-order valence-corrected chi connectivity index (χ4v) is 14.9. The first-order valence-electron chi connectivity index (χ1n) is 47.7. The van der Waals surface area contributed by atoms with Crippen LogP contribution in [-0.2, 0) is 35.8 Å². The summed E-state index contributed by atoms with van der Waals surface area (Å²) in [4.78, 5) is 101. The molecule has 0 fully saturated rings. The molecule has 0 atom stereocenters. The molecule has 44 nitrogen and oxygen atoms in total. The molecule has 0 aromatic carbocycles. The van der Waals surface area contributed by atoms with Crippen molar-refractivity contribution in [1.82, 2.24) is 128 Å². The largest absolute Gasteiger partial charge is 0.392 e. The third-order valence-electron chi connectivity index (χ3n) is 21.6. The van der Waals surface area contributed by atoms with Gasteiger partial charge in [0.05, 0.1) is 24.4 Å². The molecular formula is C105H113N37O7. The van der Waals surface area contributed by atoms with Crippen molar-refractivity contribution in [2.45, 2.75) is 114 Å². The Morgan fingerprint density at radius 2 is 0.597 bits per heavy atom. The van der Waals surface area contributed by atoms with Gasteiger partial charge in [-0.1, -0.05) is 37.3 Å². The molecule has 0 radical (unpaired) electrons. The monoisotopic (exact) mass is 2000 g/mol. The lowest BCUT2D eigenvalue weighted by molar-refractivity contribution is -0.115. The smallest absolute Gasteiger partial charge is 0.222 e. The van der Waals surface area contributed by atoms with E-state index in [-0.39, 0.29) is 30.8 Å². The predicted octanol–water partition coefficient (Wildman–Crippen LogP) is 15.2. The first-order chi connectivity index (χ1) is 72.2. The van der Waals surface area contributed by atoms with Gasteiger partial charge in [-0.05, 0) is 194 Å². The van der Waals surface area contributed by atoms with Crippen LogP contribution >= 0.6 is 0 Å². The standard InChI is InChI=1S/C23H28N8O.C20H17N7O2.C20H21N7.C19H17N7O2.C19H19N7O.C4H11NO/c1-4-25-19-13-17(8-11-27-19)28-22-20-16(14-24-15-23(2,3)32)9-12-31(20)30-21(29-22)18-7-5-6-10-26-18;1-12(28)15-7-10-27-18(15)20(25-19(26-27)16-5-3-4-8-21-16)24-14-6-9-22-17(11-14)23-13(2)29;1-3-14-9-12-27-18(14)20(24-15-8-11-23-17(13-15)21-4-2)25-19(26-27)16-7-5-6-10-22-16;1-12(28)22-16-10-14(5-8-21-16)23-19-17-13(11-27)6-9-26(17)25-18(24-19)15-4-2-3-7-20-15;1-2-20-16-11-14(6-9-22-16)23-19-17-13(12-27)7-10-26(17)25-18(24-19)15-5-3-4-8-21-15;1-4(2,6)3-5/h5-13,24,32H,4,14-15H2,1-3H3,(H2,25,27,28,29,30);3-11H,1-2H3,(H2,22,23,24,25,26,29);5-13H,3-4H2,1-2H3,(H2,21,23,24,25,26);2-10,27H,11H2,1H3,(H2,21,22,23,24,25,28);3-11,27H,2,12H2,1H3,(H2,20,22,23,24,25);6H,3,5H2,1-2H3. The summed E-state index contributed by atoms with van der Waals surface area (Å²) in [5, 5.41) is 95.8. The Morgan fingerprint density at radius 3 is 0.866 bits per heavy atom. The maximum Gasteiger partial charge on any atom is 0.222 e. The van der Waals surface area contributed by atoms with E-state index >= 15 is 0 Å². The van der Waals surface area contributed by atoms with E-state index in [1.54, 1.807) is 158 Å². The van der Waals surface area contributed by atoms with Crippen molar-refractivity contribution in [2.75, 3.05) is 85.9 Å². The highest BCUT2D eigenvalue weighted by Crippen LogP contribution is 2.35. The van der Waals surface area contributed by atoms with Crippen molar-refractivity contribution in [1.29, 1.82) is 0 Å². The summed E-state index contributed by atoms with van der Waals surface area (Å²) in [6, 6.07) is 55.7. The van der Waals surface area contributed by atoms with Gasteiger partial charge in [-0.25, -0.2) is 72.4 Å². The fraction of sp³-hybridized carbons (Fsp3) is 0.210. The van der Waals surface area contributed by atoms with Gasteiger partial charge in [0, 0.05) is 222 Å². The Bertz CT molecular complexity index is 7750. The van der Waals surface area contributed by atoms with Gasteiger partial charge in [0.15, 0.2) is 34.9 Å². The predicted molar refractivity (Wildman–Crippen MR) is 574 cm³/mol. The van der Waals surface area contributed by atoms with Crippen LogP contribution in [0.5, 0.6) is 0 Å². The maximum atomic E-state index is 12.1. The number of nitrogens with one attached hydrogen (secondary N) is 11. The molecule has 20 aromatic rings. The molecule has 0 aliphatic rings. The molecule has 0 aliphatic carbocycles. The van der Waals surface area contributed by atoms with E-state index in [0.29, 0.717) is 140 Å². The minimum absolute atomic E-state index is 0.0987. The van der Waals surface area contributed by atoms with Gasteiger partial charge in [0.25, 0.3) is 0 Å². The van der Waals surface area contributed by atoms with Gasteiger partial charge in [-0.15, -0.1) is 25.5 Å². The van der Waals surface area contributed by atoms with Crippen LogP contribution < -0.4 is 64.2 Å². The Morgan fingerprint density at radius 1 is 0.329 bits per heavy atom. The van der Waals surface area contributed by atoms with E-state index in [1.807, 2.05) is 182 Å². The molecule has 0 saturated carbocycles. The number of aliphatic hydroxyl groups is 4. The molecule has 0 aliphatic heterocycles. The zero-order valence-corrected chi connectivity index (χ0v) is 83.6. The van der Waals surface area contributed by atoms with Crippen LogP contribution in [0.3, 0.4) is 0 Å². The Labute approximate surface area is 855 Å². The normalized spacial score (nSPS) is 11.0. The molecule has 760 valence electrons. The fourth-order valence-electron chi connectivity index (χ4n) is 14.9. The summed E-state index contributed by atoms with van der Waals surface area (Å²) in [5.74, 6) is 8.06. The lowest BCUT2D eigenvalue weighted by atomic mass is 10.1. The number of pyridine rings is 10. The van der Waals surface area contributed by atoms with Crippen molar-refractivity contribution < 1.29 is 34.8 Å². The summed E-state index contributed by atoms with van der Waals surface area (Å²) in [6.07, 6.45) is 27.0. The highest BCUT2D eigenvalue weighted by molar-refractivity contribution is 6.04. The van der Waals surface area contributed by atoms with E-state index in [0.717, 1.165) is 99.8 Å². The summed E-state index contributed by atoms with van der Waals surface area (Å²) < 4.78 is 8.64. The minimum atomic E-state index is -0.793. The van der Waals surface area contributed by atoms with Crippen LogP contribution in [0.15, 0.2) is 275 Å². The van der Waals surface area contributed by atoms with Crippen LogP contribution in [0.2, 0.25) is 0 Å². The molecule has 44 heteroatoms. The van der Waals surface area contributed by atoms with E-state index in [1.165, 1.54) is 26.3 Å². The lowest BCUT2D eigenvalue weighted by Gasteiger charge is -2.17. The van der Waals surface area contributed by atoms with Gasteiger partial charge in [0.2, 0.25) is 40.9 Å². The second-order valence-corrected chi connectivity index (χ2v) is 34.4. The number of Topliss-reactive ketones (excluding diaryl/α,β-unsaturated/α-hetero) is 1. The van der Waals surface area contributed by atoms with Gasteiger partial charge >= 0.3 is 0 Å². The summed E-state index contributed by atoms with van der Waals surface area (Å²) in [6.45, 7) is 22.9. The molecule has 0 unspecified atom stereocenters. The first-order valence-corrected chi connectivity index (χ1v) is 47.7. The van der Waals surface area contributed by atoms with Crippen LogP contribution in [0.4, 0.5) is 86.6 Å². The topological polar surface area (TPSA) is 570 Å². The lowest BCUT2D eigenvalue weighted by Crippen LogP contribution is -2.34. The molecular weight excluding hydrogens is 1890 g/mol. The third-order valence-corrected chi connectivity index (χ3v) is 21.6. The molecule has 20 heterocycles. The number of hydrogen-bond acceptors (Lipinski definition) is 37. The van der Waals surface area contributed by atoms with E-state index < -0.39 is 11.2 Å². The van der Waals surface area contributed by atoms with Crippen LogP contribution in [0.25, 0.3) is 85.2 Å². The summed E-state index contributed by atoms with van der Waals surface area (Å²) in [7, 11) is 0. The number of rotatable bonds is 32. The molecule has 20 aromatic heterocycles. The Balaban J connectivity index is 0.000000137. The molecule has 20 rings (SSSR count). The number of aryl methyl sites for hydroxylation is 1. The number of fused-ring (bicyclic) bond motifs is 5. The van der Waals surface area contributed by atoms with Crippen molar-refractivity contribution in [3.05, 3.63) is 303 Å². The average molecular weight is 2010 g/mol. The van der Waals surface area contributed by atoms with Gasteiger partial charge in [-0.2, -0.15) is 0 Å². The molecule has 0 bridgehead atoms. The van der Waals surface area contributed by atoms with Crippen LogP contribution in [-0.4, -0.2) is 205 Å². The molecule has 149 heavy (non-hydrogen) atoms. The molecule has 2 amide bonds. The second kappa shape index (κ2) is 49.6. The van der Waals surface area contributed by atoms with Gasteiger partial charge < -0.3 is 84.6 Å². The SMILES string of the molecule is CC(=O)Nc1cc(Nc2nc(-c3ccccn3)nn3ccc(C(C)=O)c23)ccn1.CC(=O)Nc1cc(Nc2nc(-c3ccccn3)nn3ccc(CO)c23)ccn1.CC(C)(O)CN.CCNc1cc(Nc2nc(-c3ccccn3)nn3ccc(CC)c23)ccn1.CCNc1cc(Nc2nc(-c3ccccn3)nn3ccc(CNCC(C)(C)O)c23)ccn1.CCNc1cc(Nc2nc(-c3ccccn3)nn3ccc(CO)c23)ccn1. The summed E-state index contributed by atoms with van der Waals surface area (Å²) >= 11 is 0. The summed E-state index contributed by atoms with van der Waals surface area (Å²) in [5.41, 5.74) is 18.7. The molecule has 0 saturated heterocycles. The number of aliphatic hydroxyl groups excluding tert-OH is 2. The average Bonchev–Trinajstić information content (AvgIpc) is 1.65. The Hall–Kier alpha value is -18.6. The third kappa shape index (κ3) is 28.1. The number of amides is 2. The van der Waals surface area contributed by atoms with Crippen molar-refractivity contribution >= 4 is 132 Å². The number of aromatic nitrogens is 25. The highest BCUT2D eigenvalue weighted by Gasteiger charge is 2.24. The first kappa shape index (κ1) is 105. The van der Waals surface area contributed by atoms with Crippen molar-refractivity contribution in [3.8, 4) is 57.6 Å². The highest BCUT2D eigenvalue weighted by atomic mass is 16.3. The number of carbonyl (C=O) groups excluding carboxylic acids is 3. The van der Waals surface area contributed by atoms with E-state index in [2.05, 4.69) is 162 Å². The maximum absolute atomic E-state index is 12.1. The number of nitrogens with two attached hydrogens (primary N) is 1. The number of anilines is 15. The van der Waals surface area contributed by atoms with E-state index in [9.17, 15) is 29.7 Å². The zero-order valence-electron chi connectivity index (χ0n) is 83.6. The van der Waals surface area contributed by atoms with Crippen molar-refractivity contribution in [2.24, 2.45) is 5.73 Å². The van der Waals surface area contributed by atoms with Crippen LogP contribution in [0.1, 0.15) is 109 Å². The Kier molecular flexibility index (Phi) is 34.8. The quantitative estimate of drug-likeness (QED) is 0.0174. The number of ketones is 1. The van der Waals surface area contributed by atoms with Gasteiger partial charge in [0.1, 0.15) is 85.1 Å². The number of carbonyl (C=O) groups is 3. The minimum Gasteiger partial charge on any atom is -0.392 e. The number of hydrogen-bond donors (Lipinski definition) is 16.